The minimum absolute atomic E-state index is 0.00330. The molecule has 0 aliphatic heterocycles. The van der Waals surface area contributed by atoms with Crippen LogP contribution in [-0.2, 0) is 0 Å². The number of ketones is 1. The first-order valence-electron chi connectivity index (χ1n) is 5.17. The van der Waals surface area contributed by atoms with Crippen molar-refractivity contribution in [3.05, 3.63) is 23.8 Å². The first-order chi connectivity index (χ1) is 7.60. The van der Waals surface area contributed by atoms with Crippen LogP contribution in [0.1, 0.15) is 24.2 Å². The first kappa shape index (κ1) is 12.5. The molecule has 1 aromatic carbocycles. The van der Waals surface area contributed by atoms with E-state index in [0.29, 0.717) is 17.1 Å². The van der Waals surface area contributed by atoms with Crippen LogP contribution >= 0.6 is 0 Å². The zero-order valence-corrected chi connectivity index (χ0v) is 9.82. The van der Waals surface area contributed by atoms with Gasteiger partial charge in [-0.25, -0.2) is 0 Å². The predicted molar refractivity (Wildman–Crippen MR) is 62.1 cm³/mol. The summed E-state index contributed by atoms with van der Waals surface area (Å²) in [5.41, 5.74) is 5.78. The van der Waals surface area contributed by atoms with E-state index in [2.05, 4.69) is 0 Å². The summed E-state index contributed by atoms with van der Waals surface area (Å²) in [5.74, 6) is 0.825. The molecule has 0 saturated heterocycles. The van der Waals surface area contributed by atoms with E-state index in [0.717, 1.165) is 0 Å². The molecule has 0 spiro atoms. The number of methoxy groups -OCH3 is 1. The van der Waals surface area contributed by atoms with Gasteiger partial charge in [-0.2, -0.15) is 0 Å². The Morgan fingerprint density at radius 2 is 2.00 bits per heavy atom. The van der Waals surface area contributed by atoms with Crippen LogP contribution in [-0.4, -0.2) is 25.5 Å². The molecule has 0 atom stereocenters. The van der Waals surface area contributed by atoms with Gasteiger partial charge in [0.25, 0.3) is 0 Å². The number of carbonyl (C=O) groups excluding carboxylic acids is 1. The summed E-state index contributed by atoms with van der Waals surface area (Å²) in [7, 11) is 1.52. The maximum absolute atomic E-state index is 11.7. The smallest absolute Gasteiger partial charge is 0.183 e. The molecule has 2 N–H and O–H groups in total. The summed E-state index contributed by atoms with van der Waals surface area (Å²) in [5, 5.41) is 0. The van der Waals surface area contributed by atoms with Gasteiger partial charge in [-0.15, -0.1) is 0 Å². The highest BCUT2D eigenvalue weighted by atomic mass is 16.5. The molecule has 0 unspecified atom stereocenters. The van der Waals surface area contributed by atoms with Gasteiger partial charge in [0.15, 0.2) is 5.78 Å². The average molecular weight is 223 g/mol. The molecule has 4 nitrogen and oxygen atoms in total. The highest BCUT2D eigenvalue weighted by Crippen LogP contribution is 2.29. The fraction of sp³-hybridized carbons (Fsp3) is 0.417. The van der Waals surface area contributed by atoms with Crippen molar-refractivity contribution in [1.29, 1.82) is 0 Å². The van der Waals surface area contributed by atoms with E-state index in [1.807, 2.05) is 13.8 Å². The van der Waals surface area contributed by atoms with Gasteiger partial charge in [-0.1, -0.05) is 6.07 Å². The second-order valence-electron chi connectivity index (χ2n) is 3.63. The summed E-state index contributed by atoms with van der Waals surface area (Å²) in [6, 6.07) is 5.24. The normalized spacial score (nSPS) is 10.3. The lowest BCUT2D eigenvalue weighted by Crippen LogP contribution is -2.17. The van der Waals surface area contributed by atoms with Crippen LogP contribution in [0.25, 0.3) is 0 Å². The van der Waals surface area contributed by atoms with E-state index in [4.69, 9.17) is 15.2 Å². The molecule has 1 aromatic rings. The Balaban J connectivity index is 3.20. The van der Waals surface area contributed by atoms with Crippen molar-refractivity contribution in [1.82, 2.24) is 0 Å². The number of carbonyl (C=O) groups is 1. The summed E-state index contributed by atoms with van der Waals surface area (Å²) in [4.78, 5) is 11.7. The largest absolute Gasteiger partial charge is 0.496 e. The molecule has 0 saturated carbocycles. The quantitative estimate of drug-likeness (QED) is 0.770. The molecule has 1 rings (SSSR count). The third-order valence-electron chi connectivity index (χ3n) is 2.03. The third kappa shape index (κ3) is 2.73. The second kappa shape index (κ2) is 5.51. The Morgan fingerprint density at radius 3 is 2.50 bits per heavy atom. The van der Waals surface area contributed by atoms with Crippen LogP contribution in [0.2, 0.25) is 0 Å². The number of rotatable bonds is 5. The molecule has 0 amide bonds. The summed E-state index contributed by atoms with van der Waals surface area (Å²) < 4.78 is 10.7. The molecule has 0 heterocycles. The van der Waals surface area contributed by atoms with Gasteiger partial charge in [-0.05, 0) is 26.0 Å². The lowest BCUT2D eigenvalue weighted by atomic mass is 10.1. The van der Waals surface area contributed by atoms with E-state index in [9.17, 15) is 4.79 Å². The maximum atomic E-state index is 11.7. The fourth-order valence-electron chi connectivity index (χ4n) is 1.41. The van der Waals surface area contributed by atoms with Crippen molar-refractivity contribution in [3.63, 3.8) is 0 Å². The van der Waals surface area contributed by atoms with E-state index in [1.54, 1.807) is 18.2 Å². The Morgan fingerprint density at radius 1 is 1.38 bits per heavy atom. The molecular weight excluding hydrogens is 206 g/mol. The van der Waals surface area contributed by atoms with Gasteiger partial charge in [0.2, 0.25) is 0 Å². The number of Topliss-reactive ketones (excluding diaryl/α,β-unsaturated/α-hetero) is 1. The summed E-state index contributed by atoms with van der Waals surface area (Å²) in [6.07, 6.45) is -0.00330. The Kier molecular flexibility index (Phi) is 4.31. The molecule has 0 aliphatic rings. The Labute approximate surface area is 95.3 Å². The molecule has 88 valence electrons. The van der Waals surface area contributed by atoms with Crippen LogP contribution in [0.15, 0.2) is 18.2 Å². The van der Waals surface area contributed by atoms with E-state index in [-0.39, 0.29) is 18.4 Å². The summed E-state index contributed by atoms with van der Waals surface area (Å²) >= 11 is 0. The van der Waals surface area contributed by atoms with Gasteiger partial charge < -0.3 is 15.2 Å². The number of benzene rings is 1. The Hall–Kier alpha value is -1.55. The van der Waals surface area contributed by atoms with E-state index in [1.165, 1.54) is 7.11 Å². The van der Waals surface area contributed by atoms with Crippen molar-refractivity contribution >= 4 is 5.78 Å². The second-order valence-corrected chi connectivity index (χ2v) is 3.63. The SMILES string of the molecule is COc1cccc(OC(C)C)c1C(=O)CN. The molecular formula is C12H17NO3. The van der Waals surface area contributed by atoms with Gasteiger partial charge in [0.1, 0.15) is 17.1 Å². The number of hydrogen-bond acceptors (Lipinski definition) is 4. The molecule has 0 aliphatic carbocycles. The molecule has 16 heavy (non-hydrogen) atoms. The highest BCUT2D eigenvalue weighted by Gasteiger charge is 2.17. The lowest BCUT2D eigenvalue weighted by molar-refractivity contribution is 0.0992. The topological polar surface area (TPSA) is 61.5 Å². The first-order valence-corrected chi connectivity index (χ1v) is 5.17. The fourth-order valence-corrected chi connectivity index (χ4v) is 1.41. The van der Waals surface area contributed by atoms with Crippen LogP contribution in [0, 0.1) is 0 Å². The number of hydrogen-bond donors (Lipinski definition) is 1. The summed E-state index contributed by atoms with van der Waals surface area (Å²) in [6.45, 7) is 3.74. The minimum Gasteiger partial charge on any atom is -0.496 e. The van der Waals surface area contributed by atoms with Crippen molar-refractivity contribution in [2.24, 2.45) is 5.73 Å². The van der Waals surface area contributed by atoms with E-state index >= 15 is 0 Å². The highest BCUT2D eigenvalue weighted by molar-refractivity contribution is 6.02. The zero-order valence-electron chi connectivity index (χ0n) is 9.82. The predicted octanol–water partition coefficient (Wildman–Crippen LogP) is 1.62. The van der Waals surface area contributed by atoms with E-state index < -0.39 is 0 Å². The van der Waals surface area contributed by atoms with Crippen LogP contribution < -0.4 is 15.2 Å². The van der Waals surface area contributed by atoms with Gasteiger partial charge in [-0.3, -0.25) is 4.79 Å². The monoisotopic (exact) mass is 223 g/mol. The lowest BCUT2D eigenvalue weighted by Gasteiger charge is -2.15. The zero-order chi connectivity index (χ0) is 12.1. The van der Waals surface area contributed by atoms with Crippen LogP contribution in [0.4, 0.5) is 0 Å². The molecule has 0 fully saturated rings. The minimum atomic E-state index is -0.187. The molecule has 0 radical (unpaired) electrons. The van der Waals surface area contributed by atoms with Crippen molar-refractivity contribution in [2.45, 2.75) is 20.0 Å². The van der Waals surface area contributed by atoms with Crippen molar-refractivity contribution in [3.8, 4) is 11.5 Å². The number of nitrogens with two attached hydrogens (primary N) is 1. The third-order valence-corrected chi connectivity index (χ3v) is 2.03. The van der Waals surface area contributed by atoms with Crippen LogP contribution in [0.5, 0.6) is 11.5 Å². The molecule has 0 bridgehead atoms. The molecule has 4 heteroatoms. The van der Waals surface area contributed by atoms with Crippen LogP contribution in [0.3, 0.4) is 0 Å². The maximum Gasteiger partial charge on any atom is 0.183 e. The molecule has 0 aromatic heterocycles. The van der Waals surface area contributed by atoms with Crippen molar-refractivity contribution in [2.75, 3.05) is 13.7 Å². The van der Waals surface area contributed by atoms with Gasteiger partial charge in [0.05, 0.1) is 19.8 Å². The van der Waals surface area contributed by atoms with Gasteiger partial charge in [0, 0.05) is 0 Å². The average Bonchev–Trinajstić information content (AvgIpc) is 2.27. The van der Waals surface area contributed by atoms with Crippen molar-refractivity contribution < 1.29 is 14.3 Å². The number of ether oxygens (including phenoxy) is 2. The Bertz CT molecular complexity index is 375. The standard InChI is InChI=1S/C12H17NO3/c1-8(2)16-11-6-4-5-10(15-3)12(11)9(14)7-13/h4-6,8H,7,13H2,1-3H3. The van der Waals surface area contributed by atoms with Gasteiger partial charge >= 0.3 is 0 Å².